The summed E-state index contributed by atoms with van der Waals surface area (Å²) in [5.74, 6) is 1.97. The molecule has 0 radical (unpaired) electrons. The van der Waals surface area contributed by atoms with Gasteiger partial charge in [0.25, 0.3) is 0 Å². The van der Waals surface area contributed by atoms with Gasteiger partial charge in [-0.3, -0.25) is 0 Å². The number of fused-ring (bicyclic) bond motifs is 1. The number of rotatable bonds is 5. The van der Waals surface area contributed by atoms with Gasteiger partial charge >= 0.3 is 6.09 Å². The third-order valence-electron chi connectivity index (χ3n) is 4.31. The zero-order chi connectivity index (χ0) is 20.6. The summed E-state index contributed by atoms with van der Waals surface area (Å²) in [6.45, 7) is 5.44. The highest BCUT2D eigenvalue weighted by atomic mass is 16.6. The van der Waals surface area contributed by atoms with Gasteiger partial charge < -0.3 is 20.1 Å². The van der Waals surface area contributed by atoms with Crippen molar-refractivity contribution in [1.29, 1.82) is 0 Å². The summed E-state index contributed by atoms with van der Waals surface area (Å²) in [6, 6.07) is 5.96. The van der Waals surface area contributed by atoms with Gasteiger partial charge in [0, 0.05) is 23.6 Å². The number of anilines is 3. The molecule has 0 bridgehead atoms. The predicted octanol–water partition coefficient (Wildman–Crippen LogP) is 3.94. The molecule has 0 saturated heterocycles. The number of ether oxygens (including phenoxy) is 2. The van der Waals surface area contributed by atoms with Crippen LogP contribution in [0.25, 0.3) is 10.9 Å². The van der Waals surface area contributed by atoms with E-state index in [0.29, 0.717) is 28.8 Å². The Kier molecular flexibility index (Phi) is 4.73. The van der Waals surface area contributed by atoms with Crippen LogP contribution in [0.15, 0.2) is 30.7 Å². The highest BCUT2D eigenvalue weighted by Gasteiger charge is 2.22. The van der Waals surface area contributed by atoms with E-state index in [9.17, 15) is 4.79 Å². The molecule has 3 aromatic rings. The topological polar surface area (TPSA) is 103 Å². The van der Waals surface area contributed by atoms with E-state index in [4.69, 9.17) is 9.47 Å². The molecule has 0 aliphatic heterocycles. The molecule has 1 aromatic carbocycles. The molecule has 1 aliphatic carbocycles. The first kappa shape index (κ1) is 19.0. The molecule has 0 unspecified atom stereocenters. The molecule has 1 aliphatic rings. The van der Waals surface area contributed by atoms with Crippen LogP contribution in [0.3, 0.4) is 0 Å². The summed E-state index contributed by atoms with van der Waals surface area (Å²) in [6.07, 6.45) is 4.92. The summed E-state index contributed by atoms with van der Waals surface area (Å²) in [7, 11) is 1.57. The Morgan fingerprint density at radius 2 is 1.93 bits per heavy atom. The maximum atomic E-state index is 12.4. The second-order valence-corrected chi connectivity index (χ2v) is 7.98. The fourth-order valence-corrected chi connectivity index (χ4v) is 2.85. The Balaban J connectivity index is 1.63. The number of nitrogens with one attached hydrogen (secondary N) is 2. The Hall–Kier alpha value is -3.36. The molecule has 1 fully saturated rings. The Labute approximate surface area is 168 Å². The molecule has 2 heterocycles. The molecular formula is C20H24N6O3. The van der Waals surface area contributed by atoms with Crippen molar-refractivity contribution in [2.75, 3.05) is 17.7 Å². The van der Waals surface area contributed by atoms with E-state index < -0.39 is 11.7 Å². The lowest BCUT2D eigenvalue weighted by atomic mass is 10.2. The Morgan fingerprint density at radius 1 is 1.17 bits per heavy atom. The van der Waals surface area contributed by atoms with E-state index in [-0.39, 0.29) is 0 Å². The molecule has 0 atom stereocenters. The van der Waals surface area contributed by atoms with Crippen molar-refractivity contribution >= 4 is 34.3 Å². The average molecular weight is 396 g/mol. The summed E-state index contributed by atoms with van der Waals surface area (Å²) in [4.78, 5) is 21.0. The minimum Gasteiger partial charge on any atom is -0.494 e. The van der Waals surface area contributed by atoms with Gasteiger partial charge in [0.2, 0.25) is 0 Å². The largest absolute Gasteiger partial charge is 0.494 e. The molecule has 0 amide bonds. The number of carbonyl (C=O) groups is 1. The minimum atomic E-state index is -0.611. The molecular weight excluding hydrogens is 372 g/mol. The Morgan fingerprint density at radius 3 is 2.62 bits per heavy atom. The maximum Gasteiger partial charge on any atom is 0.435 e. The standard InChI is InChI=1S/C20H24N6O3/c1-20(2,3)29-19(27)26-15-8-16(28-4)14(7-12(15)10-23-26)25-18-9-17(21-11-22-18)24-13-5-6-13/h7-11,13H,5-6H2,1-4H3,(H2,21,22,24,25). The maximum absolute atomic E-state index is 12.4. The van der Waals surface area contributed by atoms with Gasteiger partial charge in [-0.2, -0.15) is 9.78 Å². The number of methoxy groups -OCH3 is 1. The van der Waals surface area contributed by atoms with Crippen molar-refractivity contribution in [1.82, 2.24) is 19.7 Å². The number of nitrogens with zero attached hydrogens (tertiary/aromatic N) is 4. The van der Waals surface area contributed by atoms with E-state index in [2.05, 4.69) is 25.7 Å². The molecule has 0 spiro atoms. The molecule has 29 heavy (non-hydrogen) atoms. The van der Waals surface area contributed by atoms with Crippen LogP contribution in [0.4, 0.5) is 22.1 Å². The van der Waals surface area contributed by atoms with Crippen LogP contribution in [-0.2, 0) is 4.74 Å². The molecule has 1 saturated carbocycles. The monoisotopic (exact) mass is 396 g/mol. The molecule has 9 nitrogen and oxygen atoms in total. The predicted molar refractivity (Wildman–Crippen MR) is 110 cm³/mol. The SMILES string of the molecule is COc1cc2c(cnn2C(=O)OC(C)(C)C)cc1Nc1cc(NC2CC2)ncn1. The van der Waals surface area contributed by atoms with Gasteiger partial charge in [-0.1, -0.05) is 0 Å². The number of benzene rings is 1. The summed E-state index contributed by atoms with van der Waals surface area (Å²) < 4.78 is 12.2. The smallest absolute Gasteiger partial charge is 0.435 e. The first-order valence-electron chi connectivity index (χ1n) is 9.47. The fourth-order valence-electron chi connectivity index (χ4n) is 2.85. The quantitative estimate of drug-likeness (QED) is 0.668. The summed E-state index contributed by atoms with van der Waals surface area (Å²) in [5, 5.41) is 11.6. The third kappa shape index (κ3) is 4.39. The van der Waals surface area contributed by atoms with E-state index in [1.807, 2.05) is 32.9 Å². The minimum absolute atomic E-state index is 0.502. The number of hydrogen-bond donors (Lipinski definition) is 2. The van der Waals surface area contributed by atoms with Crippen molar-refractivity contribution in [3.63, 3.8) is 0 Å². The zero-order valence-electron chi connectivity index (χ0n) is 16.9. The van der Waals surface area contributed by atoms with Crippen molar-refractivity contribution in [2.45, 2.75) is 45.3 Å². The normalized spacial score (nSPS) is 13.9. The number of carbonyl (C=O) groups excluding carboxylic acids is 1. The molecule has 152 valence electrons. The first-order valence-corrected chi connectivity index (χ1v) is 9.47. The third-order valence-corrected chi connectivity index (χ3v) is 4.31. The van der Waals surface area contributed by atoms with Crippen molar-refractivity contribution in [3.05, 3.63) is 30.7 Å². The molecule has 2 aromatic heterocycles. The zero-order valence-corrected chi connectivity index (χ0v) is 16.9. The highest BCUT2D eigenvalue weighted by Crippen LogP contribution is 2.33. The van der Waals surface area contributed by atoms with Gasteiger partial charge in [0.05, 0.1) is 24.5 Å². The first-order chi connectivity index (χ1) is 13.8. The average Bonchev–Trinajstić information content (AvgIpc) is 3.36. The molecule has 4 rings (SSSR count). The number of aromatic nitrogens is 4. The van der Waals surface area contributed by atoms with Gasteiger partial charge in [-0.25, -0.2) is 14.8 Å². The second-order valence-electron chi connectivity index (χ2n) is 7.98. The Bertz CT molecular complexity index is 1050. The molecule has 9 heteroatoms. The van der Waals surface area contributed by atoms with Crippen molar-refractivity contribution in [3.8, 4) is 5.75 Å². The van der Waals surface area contributed by atoms with E-state index >= 15 is 0 Å². The highest BCUT2D eigenvalue weighted by molar-refractivity contribution is 5.92. The van der Waals surface area contributed by atoms with Crippen molar-refractivity contribution < 1.29 is 14.3 Å². The van der Waals surface area contributed by atoms with E-state index in [1.54, 1.807) is 19.4 Å². The lowest BCUT2D eigenvalue weighted by molar-refractivity contribution is 0.0522. The van der Waals surface area contributed by atoms with Crippen LogP contribution >= 0.6 is 0 Å². The van der Waals surface area contributed by atoms with Crippen LogP contribution in [0, 0.1) is 0 Å². The summed E-state index contributed by atoms with van der Waals surface area (Å²) in [5.41, 5.74) is 0.695. The summed E-state index contributed by atoms with van der Waals surface area (Å²) >= 11 is 0. The van der Waals surface area contributed by atoms with Crippen LogP contribution in [0.2, 0.25) is 0 Å². The fraction of sp³-hybridized carbons (Fsp3) is 0.400. The van der Waals surface area contributed by atoms with E-state index in [1.165, 1.54) is 23.9 Å². The number of hydrogen-bond acceptors (Lipinski definition) is 8. The lowest BCUT2D eigenvalue weighted by Crippen LogP contribution is -2.27. The van der Waals surface area contributed by atoms with E-state index in [0.717, 1.165) is 11.2 Å². The van der Waals surface area contributed by atoms with Crippen LogP contribution < -0.4 is 15.4 Å². The van der Waals surface area contributed by atoms with Crippen LogP contribution in [-0.4, -0.2) is 44.6 Å². The van der Waals surface area contributed by atoms with Gasteiger partial charge in [0.15, 0.2) is 0 Å². The lowest BCUT2D eigenvalue weighted by Gasteiger charge is -2.19. The van der Waals surface area contributed by atoms with Crippen molar-refractivity contribution in [2.24, 2.45) is 0 Å². The van der Waals surface area contributed by atoms with Gasteiger partial charge in [-0.05, 0) is 39.7 Å². The van der Waals surface area contributed by atoms with Gasteiger partial charge in [-0.15, -0.1) is 0 Å². The van der Waals surface area contributed by atoms with Gasteiger partial charge in [0.1, 0.15) is 29.3 Å². The van der Waals surface area contributed by atoms with Crippen LogP contribution in [0.1, 0.15) is 33.6 Å². The molecule has 2 N–H and O–H groups in total. The van der Waals surface area contributed by atoms with Crippen LogP contribution in [0.5, 0.6) is 5.75 Å². The second kappa shape index (κ2) is 7.23.